The highest BCUT2D eigenvalue weighted by Crippen LogP contribution is 2.28. The zero-order chi connectivity index (χ0) is 18.2. The lowest BCUT2D eigenvalue weighted by Crippen LogP contribution is -2.13. The van der Waals surface area contributed by atoms with Gasteiger partial charge in [-0.15, -0.1) is 22.0 Å². The topological polar surface area (TPSA) is 54.9 Å². The number of rotatable bonds is 8. The maximum atomic E-state index is 12.0. The van der Waals surface area contributed by atoms with Gasteiger partial charge in [0.25, 0.3) is 0 Å². The molecule has 0 saturated heterocycles. The zero-order valence-electron chi connectivity index (χ0n) is 13.7. The van der Waals surface area contributed by atoms with Gasteiger partial charge in [-0.1, -0.05) is 77.2 Å². The van der Waals surface area contributed by atoms with Crippen molar-refractivity contribution in [3.63, 3.8) is 0 Å². The lowest BCUT2D eigenvalue weighted by atomic mass is 10.2. The van der Waals surface area contributed by atoms with E-state index in [2.05, 4.69) is 27.6 Å². The largest absolute Gasteiger partial charge is 0.300 e. The predicted octanol–water partition coefficient (Wildman–Crippen LogP) is 5.36. The first-order chi connectivity index (χ1) is 12.7. The summed E-state index contributed by atoms with van der Waals surface area (Å²) in [5.41, 5.74) is 2.33. The summed E-state index contributed by atoms with van der Waals surface area (Å²) in [7, 11) is 0. The van der Waals surface area contributed by atoms with Gasteiger partial charge in [0.05, 0.1) is 5.75 Å². The minimum atomic E-state index is -0.0761. The summed E-state index contributed by atoms with van der Waals surface area (Å²) in [6, 6.07) is 17.8. The molecular weight excluding hydrogens is 406 g/mol. The highest BCUT2D eigenvalue weighted by Gasteiger charge is 2.09. The summed E-state index contributed by atoms with van der Waals surface area (Å²) < 4.78 is 0.843. The van der Waals surface area contributed by atoms with Crippen molar-refractivity contribution in [3.8, 4) is 0 Å². The Hall–Kier alpha value is -1.54. The summed E-state index contributed by atoms with van der Waals surface area (Å²) in [6.07, 6.45) is 0. The van der Waals surface area contributed by atoms with Gasteiger partial charge in [0.15, 0.2) is 4.34 Å². The molecule has 1 amide bonds. The second kappa shape index (κ2) is 9.97. The van der Waals surface area contributed by atoms with Gasteiger partial charge in [0.2, 0.25) is 11.0 Å². The van der Waals surface area contributed by atoms with Crippen molar-refractivity contribution >= 4 is 57.5 Å². The van der Waals surface area contributed by atoms with E-state index in [0.29, 0.717) is 15.9 Å². The highest BCUT2D eigenvalue weighted by molar-refractivity contribution is 8.00. The Bertz CT molecular complexity index is 858. The third kappa shape index (κ3) is 6.32. The number of amides is 1. The molecule has 1 heterocycles. The number of nitrogens with one attached hydrogen (secondary N) is 1. The Morgan fingerprint density at radius 2 is 1.85 bits per heavy atom. The first-order valence-corrected chi connectivity index (χ1v) is 11.1. The molecule has 26 heavy (non-hydrogen) atoms. The maximum absolute atomic E-state index is 12.0. The van der Waals surface area contributed by atoms with Crippen molar-refractivity contribution in [2.75, 3.05) is 11.1 Å². The second-order valence-electron chi connectivity index (χ2n) is 5.32. The molecule has 0 spiro atoms. The number of aromatic nitrogens is 2. The molecule has 8 heteroatoms. The van der Waals surface area contributed by atoms with Crippen molar-refractivity contribution in [2.24, 2.45) is 0 Å². The van der Waals surface area contributed by atoms with Crippen LogP contribution >= 0.6 is 46.5 Å². The Labute approximate surface area is 169 Å². The molecule has 0 radical (unpaired) electrons. The van der Waals surface area contributed by atoms with E-state index in [4.69, 9.17) is 11.6 Å². The van der Waals surface area contributed by atoms with Crippen LogP contribution in [0.5, 0.6) is 0 Å². The molecule has 3 aromatic rings. The average Bonchev–Trinajstić information content (AvgIpc) is 3.08. The minimum Gasteiger partial charge on any atom is -0.300 e. The molecule has 0 fully saturated rings. The molecular formula is C18H16ClN3OS3. The van der Waals surface area contributed by atoms with Gasteiger partial charge < -0.3 is 0 Å². The molecule has 0 aliphatic heterocycles. The molecule has 0 aliphatic carbocycles. The van der Waals surface area contributed by atoms with E-state index < -0.39 is 0 Å². The van der Waals surface area contributed by atoms with Crippen LogP contribution in [0.15, 0.2) is 58.9 Å². The van der Waals surface area contributed by atoms with Crippen molar-refractivity contribution in [2.45, 2.75) is 15.8 Å². The monoisotopic (exact) mass is 421 g/mol. The van der Waals surface area contributed by atoms with Crippen LogP contribution < -0.4 is 5.32 Å². The molecule has 1 N–H and O–H groups in total. The first kappa shape index (κ1) is 19.2. The molecule has 4 nitrogen and oxygen atoms in total. The van der Waals surface area contributed by atoms with Crippen LogP contribution in [-0.2, 0) is 16.3 Å². The van der Waals surface area contributed by atoms with Gasteiger partial charge >= 0.3 is 0 Å². The number of carbonyl (C=O) groups excluding carboxylic acids is 1. The molecule has 0 aliphatic rings. The summed E-state index contributed by atoms with van der Waals surface area (Å²) >= 11 is 10.5. The van der Waals surface area contributed by atoms with E-state index in [-0.39, 0.29) is 5.91 Å². The molecule has 0 atom stereocenters. The number of benzene rings is 2. The van der Waals surface area contributed by atoms with E-state index in [1.807, 2.05) is 42.5 Å². The maximum Gasteiger partial charge on any atom is 0.236 e. The van der Waals surface area contributed by atoms with E-state index in [9.17, 15) is 4.79 Å². The van der Waals surface area contributed by atoms with Crippen LogP contribution in [0.3, 0.4) is 0 Å². The van der Waals surface area contributed by atoms with E-state index in [1.54, 1.807) is 11.8 Å². The lowest BCUT2D eigenvalue weighted by molar-refractivity contribution is -0.113. The smallest absolute Gasteiger partial charge is 0.236 e. The van der Waals surface area contributed by atoms with Crippen LogP contribution in [0.2, 0.25) is 5.02 Å². The molecule has 2 aromatic carbocycles. The lowest BCUT2D eigenvalue weighted by Gasteiger charge is -2.02. The Morgan fingerprint density at radius 3 is 2.65 bits per heavy atom. The number of carbonyl (C=O) groups is 1. The van der Waals surface area contributed by atoms with Crippen LogP contribution in [0.1, 0.15) is 11.1 Å². The summed E-state index contributed by atoms with van der Waals surface area (Å²) in [5, 5.41) is 12.2. The minimum absolute atomic E-state index is 0.0761. The number of hydrogen-bond acceptors (Lipinski definition) is 6. The number of anilines is 1. The van der Waals surface area contributed by atoms with Gasteiger partial charge in [0.1, 0.15) is 0 Å². The third-order valence-electron chi connectivity index (χ3n) is 3.25. The van der Waals surface area contributed by atoms with Crippen LogP contribution in [0.4, 0.5) is 5.13 Å². The van der Waals surface area contributed by atoms with Crippen LogP contribution in [-0.4, -0.2) is 21.9 Å². The van der Waals surface area contributed by atoms with Gasteiger partial charge in [-0.25, -0.2) is 0 Å². The fourth-order valence-corrected chi connectivity index (χ4v) is 4.79. The van der Waals surface area contributed by atoms with E-state index >= 15 is 0 Å². The van der Waals surface area contributed by atoms with Crippen LogP contribution in [0, 0.1) is 0 Å². The van der Waals surface area contributed by atoms with Crippen LogP contribution in [0.25, 0.3) is 0 Å². The van der Waals surface area contributed by atoms with E-state index in [0.717, 1.165) is 21.4 Å². The molecule has 134 valence electrons. The van der Waals surface area contributed by atoms with Gasteiger partial charge in [0, 0.05) is 16.5 Å². The Morgan fingerprint density at radius 1 is 1.04 bits per heavy atom. The van der Waals surface area contributed by atoms with Crippen molar-refractivity contribution in [3.05, 3.63) is 70.7 Å². The van der Waals surface area contributed by atoms with Crippen molar-refractivity contribution < 1.29 is 4.79 Å². The number of thioether (sulfide) groups is 2. The van der Waals surface area contributed by atoms with Gasteiger partial charge in [-0.05, 0) is 23.3 Å². The summed E-state index contributed by atoms with van der Waals surface area (Å²) in [5.74, 6) is 1.85. The standard InChI is InChI=1S/C18H16ClN3OS3/c19-15-8-4-7-14(9-15)10-24-12-16(23)20-17-21-22-18(26-17)25-11-13-5-2-1-3-6-13/h1-9H,10-12H2,(H,20,21,23). The molecule has 1 aromatic heterocycles. The highest BCUT2D eigenvalue weighted by atomic mass is 35.5. The SMILES string of the molecule is O=C(CSCc1cccc(Cl)c1)Nc1nnc(SCc2ccccc2)s1. The number of hydrogen-bond donors (Lipinski definition) is 1. The first-order valence-electron chi connectivity index (χ1n) is 7.81. The summed E-state index contributed by atoms with van der Waals surface area (Å²) in [4.78, 5) is 12.0. The fourth-order valence-electron chi connectivity index (χ4n) is 2.08. The quantitative estimate of drug-likeness (QED) is 0.392. The predicted molar refractivity (Wildman–Crippen MR) is 112 cm³/mol. The molecule has 0 unspecified atom stereocenters. The molecule has 0 saturated carbocycles. The summed E-state index contributed by atoms with van der Waals surface area (Å²) in [6.45, 7) is 0. The third-order valence-corrected chi connectivity index (χ3v) is 6.53. The fraction of sp³-hybridized carbons (Fsp3) is 0.167. The Kier molecular flexibility index (Phi) is 7.37. The normalized spacial score (nSPS) is 10.7. The Balaban J connectivity index is 1.41. The average molecular weight is 422 g/mol. The second-order valence-corrected chi connectivity index (χ2v) is 8.94. The molecule has 0 bridgehead atoms. The number of nitrogens with zero attached hydrogens (tertiary/aromatic N) is 2. The zero-order valence-corrected chi connectivity index (χ0v) is 16.9. The van der Waals surface area contributed by atoms with Gasteiger partial charge in [-0.3, -0.25) is 10.1 Å². The van der Waals surface area contributed by atoms with Crippen molar-refractivity contribution in [1.29, 1.82) is 0 Å². The van der Waals surface area contributed by atoms with Crippen molar-refractivity contribution in [1.82, 2.24) is 10.2 Å². The van der Waals surface area contributed by atoms with E-state index in [1.165, 1.54) is 28.7 Å². The number of halogens is 1. The van der Waals surface area contributed by atoms with Gasteiger partial charge in [-0.2, -0.15) is 0 Å². The molecule has 3 rings (SSSR count).